The number of likely N-dealkylation sites (tertiary alicyclic amines) is 1. The molecule has 0 amide bonds. The molecule has 2 rings (SSSR count). The van der Waals surface area contributed by atoms with Crippen LogP contribution in [0.2, 0.25) is 0 Å². The molecule has 0 aliphatic carbocycles. The summed E-state index contributed by atoms with van der Waals surface area (Å²) >= 11 is 6.89. The highest BCUT2D eigenvalue weighted by molar-refractivity contribution is 8.22. The Morgan fingerprint density at radius 2 is 2.13 bits per heavy atom. The zero-order valence-corrected chi connectivity index (χ0v) is 14.8. The number of nitrogens with zero attached hydrogens (tertiary/aromatic N) is 4. The van der Waals surface area contributed by atoms with Gasteiger partial charge in [-0.15, -0.1) is 0 Å². The summed E-state index contributed by atoms with van der Waals surface area (Å²) in [5.74, 6) is 0.849. The summed E-state index contributed by atoms with van der Waals surface area (Å²) in [6, 6.07) is 0. The minimum absolute atomic E-state index is 0.0957. The van der Waals surface area contributed by atoms with Gasteiger partial charge in [0.15, 0.2) is 5.82 Å². The molecule has 1 aromatic heterocycles. The molecule has 0 bridgehead atoms. The van der Waals surface area contributed by atoms with E-state index < -0.39 is 11.0 Å². The Hall–Kier alpha value is -1.19. The van der Waals surface area contributed by atoms with Crippen LogP contribution in [0.5, 0.6) is 0 Å². The average molecular weight is 358 g/mol. The minimum Gasteiger partial charge on any atom is -0.388 e. The molecular weight excluding hydrogens is 336 g/mol. The fourth-order valence-corrected chi connectivity index (χ4v) is 3.80. The van der Waals surface area contributed by atoms with E-state index in [1.165, 1.54) is 35.4 Å². The molecule has 0 aromatic carbocycles. The number of thiocarbonyl (C=S) groups is 1. The third-order valence-electron chi connectivity index (χ3n) is 3.88. The first kappa shape index (κ1) is 18.2. The van der Waals surface area contributed by atoms with E-state index in [0.29, 0.717) is 11.6 Å². The van der Waals surface area contributed by atoms with Gasteiger partial charge in [0.2, 0.25) is 0 Å². The van der Waals surface area contributed by atoms with Crippen molar-refractivity contribution in [1.29, 1.82) is 0 Å². The lowest BCUT2D eigenvalue weighted by atomic mass is 10.2. The summed E-state index contributed by atoms with van der Waals surface area (Å²) in [6.45, 7) is 3.80. The summed E-state index contributed by atoms with van der Waals surface area (Å²) in [7, 11) is 0. The van der Waals surface area contributed by atoms with Crippen LogP contribution in [-0.2, 0) is 6.54 Å². The molecule has 0 saturated carbocycles. The molecule has 9 heteroatoms. The second-order valence-corrected chi connectivity index (χ2v) is 7.32. The summed E-state index contributed by atoms with van der Waals surface area (Å²) in [6.07, 6.45) is 5.31. The maximum absolute atomic E-state index is 11.0. The Bertz CT molecular complexity index is 556. The van der Waals surface area contributed by atoms with E-state index >= 15 is 0 Å². The molecule has 1 N–H and O–H groups in total. The van der Waals surface area contributed by atoms with Gasteiger partial charge in [-0.1, -0.05) is 36.8 Å². The van der Waals surface area contributed by atoms with Crippen molar-refractivity contribution in [2.45, 2.75) is 45.3 Å². The number of nitro groups is 1. The molecule has 1 aliphatic heterocycles. The van der Waals surface area contributed by atoms with Gasteiger partial charge >= 0.3 is 5.82 Å². The van der Waals surface area contributed by atoms with Crippen molar-refractivity contribution >= 4 is 34.1 Å². The van der Waals surface area contributed by atoms with Crippen molar-refractivity contribution < 1.29 is 10.0 Å². The molecule has 2 heterocycles. The predicted octanol–water partition coefficient (Wildman–Crippen LogP) is 2.35. The molecule has 7 nitrogen and oxygen atoms in total. The van der Waals surface area contributed by atoms with Crippen molar-refractivity contribution in [3.05, 3.63) is 22.1 Å². The van der Waals surface area contributed by atoms with Crippen molar-refractivity contribution in [3.63, 3.8) is 0 Å². The van der Waals surface area contributed by atoms with Crippen LogP contribution < -0.4 is 0 Å². The van der Waals surface area contributed by atoms with E-state index in [9.17, 15) is 15.2 Å². The molecule has 0 radical (unpaired) electrons. The van der Waals surface area contributed by atoms with Crippen LogP contribution >= 0.6 is 24.0 Å². The lowest BCUT2D eigenvalue weighted by Gasteiger charge is -2.23. The van der Waals surface area contributed by atoms with Gasteiger partial charge in [0.05, 0.1) is 0 Å². The van der Waals surface area contributed by atoms with Gasteiger partial charge in [0.1, 0.15) is 23.2 Å². The average Bonchev–Trinajstić information content (AvgIpc) is 2.74. The number of thioether (sulfide) groups is 1. The molecule has 23 heavy (non-hydrogen) atoms. The Morgan fingerprint density at radius 1 is 1.48 bits per heavy atom. The molecule has 128 valence electrons. The third kappa shape index (κ3) is 5.15. The number of imidazole rings is 1. The quantitative estimate of drug-likeness (QED) is 0.491. The molecular formula is C14H22N4O3S2. The first-order valence-corrected chi connectivity index (χ1v) is 9.14. The van der Waals surface area contributed by atoms with Gasteiger partial charge in [0, 0.05) is 25.8 Å². The van der Waals surface area contributed by atoms with E-state index in [-0.39, 0.29) is 12.4 Å². The molecule has 1 saturated heterocycles. The normalized spacial score (nSPS) is 16.9. The van der Waals surface area contributed by atoms with Gasteiger partial charge in [-0.05, 0) is 17.8 Å². The number of aromatic nitrogens is 2. The number of hydrogen-bond donors (Lipinski definition) is 1. The second kappa shape index (κ2) is 8.60. The molecule has 1 atom stereocenters. The van der Waals surface area contributed by atoms with Gasteiger partial charge in [0.25, 0.3) is 0 Å². The van der Waals surface area contributed by atoms with Crippen LogP contribution in [0.4, 0.5) is 5.82 Å². The Kier molecular flexibility index (Phi) is 6.79. The fourth-order valence-electron chi connectivity index (χ4n) is 2.60. The van der Waals surface area contributed by atoms with Crippen LogP contribution in [0.25, 0.3) is 0 Å². The van der Waals surface area contributed by atoms with Gasteiger partial charge in [-0.3, -0.25) is 0 Å². The van der Waals surface area contributed by atoms with Crippen LogP contribution in [0.3, 0.4) is 0 Å². The first-order valence-electron chi connectivity index (χ1n) is 7.75. The molecule has 1 fully saturated rings. The Balaban J connectivity index is 1.85. The van der Waals surface area contributed by atoms with E-state index in [0.717, 1.165) is 30.3 Å². The number of aryl methyl sites for hydroxylation is 1. The standard InChI is InChI=1S/C14H22N4O3S2/c1-11-15-8-13(18(20)21)17(11)9-12(19)10-23-14(22)16-6-4-2-3-5-7-16/h8,12,19H,2-7,9-10H2,1H3. The third-order valence-corrected chi connectivity index (χ3v) is 5.55. The maximum atomic E-state index is 11.0. The number of aliphatic hydroxyl groups excluding tert-OH is 1. The van der Waals surface area contributed by atoms with Crippen LogP contribution in [0.15, 0.2) is 6.20 Å². The largest absolute Gasteiger partial charge is 0.388 e. The highest BCUT2D eigenvalue weighted by Crippen LogP contribution is 2.19. The lowest BCUT2D eigenvalue weighted by Crippen LogP contribution is -2.30. The van der Waals surface area contributed by atoms with Crippen molar-refractivity contribution in [1.82, 2.24) is 14.5 Å². The highest BCUT2D eigenvalue weighted by Gasteiger charge is 2.21. The fraction of sp³-hybridized carbons (Fsp3) is 0.714. The molecule has 1 unspecified atom stereocenters. The topological polar surface area (TPSA) is 84.4 Å². The maximum Gasteiger partial charge on any atom is 0.342 e. The number of hydrogen-bond acceptors (Lipinski definition) is 6. The summed E-state index contributed by atoms with van der Waals surface area (Å²) in [5, 5.41) is 21.1. The zero-order valence-electron chi connectivity index (χ0n) is 13.2. The van der Waals surface area contributed by atoms with E-state index in [1.54, 1.807) is 6.92 Å². The van der Waals surface area contributed by atoms with Crippen LogP contribution in [0, 0.1) is 17.0 Å². The summed E-state index contributed by atoms with van der Waals surface area (Å²) in [5.41, 5.74) is 0. The second-order valence-electron chi connectivity index (χ2n) is 5.66. The number of aliphatic hydroxyl groups is 1. The smallest absolute Gasteiger partial charge is 0.342 e. The van der Waals surface area contributed by atoms with Crippen molar-refractivity contribution in [2.75, 3.05) is 18.8 Å². The lowest BCUT2D eigenvalue weighted by molar-refractivity contribution is -0.392. The summed E-state index contributed by atoms with van der Waals surface area (Å²) in [4.78, 5) is 16.6. The van der Waals surface area contributed by atoms with Crippen molar-refractivity contribution in [2.24, 2.45) is 0 Å². The molecule has 0 spiro atoms. The Morgan fingerprint density at radius 3 is 2.74 bits per heavy atom. The highest BCUT2D eigenvalue weighted by atomic mass is 32.2. The monoisotopic (exact) mass is 358 g/mol. The summed E-state index contributed by atoms with van der Waals surface area (Å²) < 4.78 is 2.24. The van der Waals surface area contributed by atoms with E-state index in [2.05, 4.69) is 9.88 Å². The van der Waals surface area contributed by atoms with Gasteiger partial charge < -0.3 is 20.1 Å². The minimum atomic E-state index is -0.712. The Labute approximate surface area is 145 Å². The van der Waals surface area contributed by atoms with Gasteiger partial charge in [-0.25, -0.2) is 9.55 Å². The first-order chi connectivity index (χ1) is 11.0. The van der Waals surface area contributed by atoms with Gasteiger partial charge in [-0.2, -0.15) is 0 Å². The number of rotatable bonds is 5. The van der Waals surface area contributed by atoms with Crippen LogP contribution in [0.1, 0.15) is 31.5 Å². The zero-order chi connectivity index (χ0) is 16.8. The van der Waals surface area contributed by atoms with E-state index in [4.69, 9.17) is 12.2 Å². The SMILES string of the molecule is Cc1ncc([N+](=O)[O-])n1CC(O)CSC(=S)N1CCCCCC1. The predicted molar refractivity (Wildman–Crippen MR) is 94.7 cm³/mol. The van der Waals surface area contributed by atoms with Crippen LogP contribution in [-0.4, -0.2) is 53.7 Å². The molecule has 1 aromatic rings. The van der Waals surface area contributed by atoms with E-state index in [1.807, 2.05) is 0 Å². The van der Waals surface area contributed by atoms with Crippen molar-refractivity contribution in [3.8, 4) is 0 Å². The molecule has 1 aliphatic rings.